The van der Waals surface area contributed by atoms with Crippen LogP contribution in [0, 0.1) is 28.5 Å². The first kappa shape index (κ1) is 15.4. The molecule has 0 radical (unpaired) electrons. The number of anilines is 1. The third-order valence-electron chi connectivity index (χ3n) is 2.16. The number of halogens is 2. The minimum absolute atomic E-state index is 0.0749. The van der Waals surface area contributed by atoms with Gasteiger partial charge >= 0.3 is 0 Å². The summed E-state index contributed by atoms with van der Waals surface area (Å²) in [6.07, 6.45) is 0. The first-order valence-electron chi connectivity index (χ1n) is 4.83. The van der Waals surface area contributed by atoms with E-state index in [2.05, 4.69) is 15.9 Å². The lowest BCUT2D eigenvalue weighted by molar-refractivity contribution is 0.479. The van der Waals surface area contributed by atoms with E-state index >= 15 is 0 Å². The second-order valence-electron chi connectivity index (χ2n) is 3.39. The van der Waals surface area contributed by atoms with Crippen molar-refractivity contribution < 1.29 is 12.8 Å². The van der Waals surface area contributed by atoms with Crippen LogP contribution in [0.1, 0.15) is 0 Å². The monoisotopic (exact) mass is 346 g/mol. The van der Waals surface area contributed by atoms with Gasteiger partial charge in [0.25, 0.3) is 0 Å². The molecule has 0 saturated carbocycles. The van der Waals surface area contributed by atoms with E-state index in [-0.39, 0.29) is 15.1 Å². The molecule has 0 aliphatic heterocycles. The number of rotatable bonds is 4. The van der Waals surface area contributed by atoms with Gasteiger partial charge in [-0.2, -0.15) is 14.8 Å². The van der Waals surface area contributed by atoms with Crippen molar-refractivity contribution >= 4 is 31.6 Å². The molecule has 0 bridgehead atoms. The summed E-state index contributed by atoms with van der Waals surface area (Å²) in [6.45, 7) is -0.991. The molecule has 19 heavy (non-hydrogen) atoms. The summed E-state index contributed by atoms with van der Waals surface area (Å²) in [5.41, 5.74) is 5.18. The minimum atomic E-state index is -4.13. The fraction of sp³-hybridized carbons (Fsp3) is 0.200. The summed E-state index contributed by atoms with van der Waals surface area (Å²) in [5.74, 6) is -0.705. The highest BCUT2D eigenvalue weighted by Gasteiger charge is 2.27. The van der Waals surface area contributed by atoms with Gasteiger partial charge < -0.3 is 5.73 Å². The zero-order valence-corrected chi connectivity index (χ0v) is 11.9. The molecule has 2 N–H and O–H groups in total. The standard InChI is InChI=1S/C10H8BrFN4O2S/c11-7-5-10(9(15)6-8(7)12)19(17,18)16(3-1-13)4-2-14/h5-6H,3-4,15H2. The molecular formula is C10H8BrFN4O2S. The van der Waals surface area contributed by atoms with Gasteiger partial charge in [0.1, 0.15) is 23.8 Å². The van der Waals surface area contributed by atoms with Gasteiger partial charge in [-0.05, 0) is 28.1 Å². The highest BCUT2D eigenvalue weighted by Crippen LogP contribution is 2.28. The summed E-state index contributed by atoms with van der Waals surface area (Å²) in [6, 6.07) is 5.14. The topological polar surface area (TPSA) is 111 Å². The van der Waals surface area contributed by atoms with Crippen molar-refractivity contribution in [1.82, 2.24) is 4.31 Å². The Bertz CT molecular complexity index is 662. The van der Waals surface area contributed by atoms with Crippen molar-refractivity contribution in [3.8, 4) is 12.1 Å². The lowest BCUT2D eigenvalue weighted by Gasteiger charge is -2.17. The predicted molar refractivity (Wildman–Crippen MR) is 68.5 cm³/mol. The van der Waals surface area contributed by atoms with Gasteiger partial charge in [-0.25, -0.2) is 12.8 Å². The zero-order valence-electron chi connectivity index (χ0n) is 9.47. The smallest absolute Gasteiger partial charge is 0.247 e. The minimum Gasteiger partial charge on any atom is -0.398 e. The molecule has 0 aliphatic carbocycles. The number of benzene rings is 1. The van der Waals surface area contributed by atoms with E-state index in [0.29, 0.717) is 4.31 Å². The molecule has 6 nitrogen and oxygen atoms in total. The van der Waals surface area contributed by atoms with Crippen molar-refractivity contribution in [2.45, 2.75) is 4.90 Å². The van der Waals surface area contributed by atoms with E-state index in [9.17, 15) is 12.8 Å². The molecule has 0 atom stereocenters. The number of nitriles is 2. The Morgan fingerprint density at radius 1 is 1.32 bits per heavy atom. The van der Waals surface area contributed by atoms with Crippen LogP contribution in [0.15, 0.2) is 21.5 Å². The van der Waals surface area contributed by atoms with Gasteiger partial charge in [0.15, 0.2) is 0 Å². The number of hydrogen-bond donors (Lipinski definition) is 1. The second-order valence-corrected chi connectivity index (χ2v) is 6.15. The molecule has 0 spiro atoms. The fourth-order valence-corrected chi connectivity index (χ4v) is 3.14. The molecule has 0 heterocycles. The summed E-state index contributed by atoms with van der Waals surface area (Å²) >= 11 is 2.86. The zero-order chi connectivity index (χ0) is 14.6. The predicted octanol–water partition coefficient (Wildman–Crippen LogP) is 1.21. The Balaban J connectivity index is 3.38. The normalized spacial score (nSPS) is 11.0. The fourth-order valence-electron chi connectivity index (χ4n) is 1.29. The quantitative estimate of drug-likeness (QED) is 0.650. The molecule has 1 aromatic carbocycles. The first-order valence-corrected chi connectivity index (χ1v) is 7.06. The van der Waals surface area contributed by atoms with Gasteiger partial charge in [0, 0.05) is 0 Å². The number of nitrogens with zero attached hydrogens (tertiary/aromatic N) is 3. The molecule has 0 amide bonds. The molecule has 1 aromatic rings. The highest BCUT2D eigenvalue weighted by molar-refractivity contribution is 9.10. The largest absolute Gasteiger partial charge is 0.398 e. The summed E-state index contributed by atoms with van der Waals surface area (Å²) in [4.78, 5) is -0.355. The van der Waals surface area contributed by atoms with Crippen LogP contribution in [-0.2, 0) is 10.0 Å². The summed E-state index contributed by atoms with van der Waals surface area (Å²) in [7, 11) is -4.13. The lowest BCUT2D eigenvalue weighted by atomic mass is 10.3. The van der Waals surface area contributed by atoms with Crippen molar-refractivity contribution in [2.75, 3.05) is 18.8 Å². The van der Waals surface area contributed by atoms with Crippen LogP contribution in [0.3, 0.4) is 0 Å². The van der Waals surface area contributed by atoms with Crippen molar-refractivity contribution in [1.29, 1.82) is 10.5 Å². The van der Waals surface area contributed by atoms with Crippen molar-refractivity contribution in [3.05, 3.63) is 22.4 Å². The Morgan fingerprint density at radius 2 is 1.84 bits per heavy atom. The van der Waals surface area contributed by atoms with Crippen molar-refractivity contribution in [3.63, 3.8) is 0 Å². The van der Waals surface area contributed by atoms with Crippen LogP contribution in [0.5, 0.6) is 0 Å². The molecule has 9 heteroatoms. The van der Waals surface area contributed by atoms with Gasteiger partial charge in [0.05, 0.1) is 22.3 Å². The van der Waals surface area contributed by atoms with E-state index < -0.39 is 28.9 Å². The van der Waals surface area contributed by atoms with Gasteiger partial charge in [-0.3, -0.25) is 0 Å². The van der Waals surface area contributed by atoms with Crippen molar-refractivity contribution in [2.24, 2.45) is 0 Å². The van der Waals surface area contributed by atoms with E-state index in [1.807, 2.05) is 0 Å². The van der Waals surface area contributed by atoms with Crippen LogP contribution in [0.4, 0.5) is 10.1 Å². The Hall–Kier alpha value is -1.68. The van der Waals surface area contributed by atoms with Gasteiger partial charge in [-0.1, -0.05) is 0 Å². The Morgan fingerprint density at radius 3 is 2.32 bits per heavy atom. The number of hydrogen-bond acceptors (Lipinski definition) is 5. The lowest BCUT2D eigenvalue weighted by Crippen LogP contribution is -2.32. The van der Waals surface area contributed by atoms with Crippen LogP contribution < -0.4 is 5.73 Å². The molecular weight excluding hydrogens is 339 g/mol. The van der Waals surface area contributed by atoms with E-state index in [4.69, 9.17) is 16.3 Å². The van der Waals surface area contributed by atoms with Crippen LogP contribution in [0.25, 0.3) is 0 Å². The highest BCUT2D eigenvalue weighted by atomic mass is 79.9. The maximum atomic E-state index is 13.2. The summed E-state index contributed by atoms with van der Waals surface area (Å²) in [5, 5.41) is 17.2. The molecule has 1 rings (SSSR count). The molecule has 0 saturated heterocycles. The Kier molecular flexibility index (Phi) is 4.84. The molecule has 0 fully saturated rings. The molecule has 100 valence electrons. The molecule has 0 unspecified atom stereocenters. The average Bonchev–Trinajstić information content (AvgIpc) is 2.33. The number of sulfonamides is 1. The number of nitrogens with two attached hydrogens (primary N) is 1. The van der Waals surface area contributed by atoms with Crippen LogP contribution in [0.2, 0.25) is 0 Å². The maximum absolute atomic E-state index is 13.2. The van der Waals surface area contributed by atoms with Gasteiger partial charge in [0.2, 0.25) is 10.0 Å². The average molecular weight is 347 g/mol. The SMILES string of the molecule is N#CCN(CC#N)S(=O)(=O)c1cc(Br)c(F)cc1N. The van der Waals surface area contributed by atoms with E-state index in [1.54, 1.807) is 12.1 Å². The second kappa shape index (κ2) is 5.97. The molecule has 0 aliphatic rings. The first-order chi connectivity index (χ1) is 8.84. The summed E-state index contributed by atoms with van der Waals surface area (Å²) < 4.78 is 38.2. The van der Waals surface area contributed by atoms with Crippen LogP contribution in [-0.4, -0.2) is 25.8 Å². The van der Waals surface area contributed by atoms with Crippen LogP contribution >= 0.6 is 15.9 Å². The molecule has 0 aromatic heterocycles. The third kappa shape index (κ3) is 3.20. The maximum Gasteiger partial charge on any atom is 0.247 e. The van der Waals surface area contributed by atoms with Gasteiger partial charge in [-0.15, -0.1) is 0 Å². The third-order valence-corrected chi connectivity index (χ3v) is 4.62. The number of nitrogen functional groups attached to an aromatic ring is 1. The van der Waals surface area contributed by atoms with E-state index in [1.165, 1.54) is 0 Å². The Labute approximate surface area is 118 Å². The van der Waals surface area contributed by atoms with E-state index in [0.717, 1.165) is 12.1 Å².